The van der Waals surface area contributed by atoms with Crippen LogP contribution in [-0.2, 0) is 0 Å². The van der Waals surface area contributed by atoms with E-state index in [0.717, 1.165) is 36.3 Å². The normalized spacial score (nSPS) is 18.8. The number of carbonyl (C=O) groups is 1. The number of phenols is 1. The van der Waals surface area contributed by atoms with Crippen molar-refractivity contribution in [2.45, 2.75) is 118 Å². The van der Waals surface area contributed by atoms with Gasteiger partial charge in [-0.05, 0) is 13.8 Å². The second-order valence-corrected chi connectivity index (χ2v) is 26.5. The van der Waals surface area contributed by atoms with E-state index in [2.05, 4.69) is 72.8 Å². The molecule has 1 amide bonds. The van der Waals surface area contributed by atoms with E-state index in [-0.39, 0.29) is 11.9 Å². The molecule has 1 fully saturated rings. The molecule has 2 aromatic rings. The molecule has 2 aromatic carbocycles. The zero-order valence-corrected chi connectivity index (χ0v) is 32.5. The number of rotatable bonds is 18. The van der Waals surface area contributed by atoms with Crippen molar-refractivity contribution in [1.82, 2.24) is 14.7 Å². The third-order valence-corrected chi connectivity index (χ3v) is 24.3. The van der Waals surface area contributed by atoms with Gasteiger partial charge in [-0.25, -0.2) is 0 Å². The minimum absolute atomic E-state index is 0.00540. The summed E-state index contributed by atoms with van der Waals surface area (Å²) in [5, 5.41) is 10.4. The minimum atomic E-state index is -2.29. The molecule has 45 heavy (non-hydrogen) atoms. The average Bonchev–Trinajstić information content (AvgIpc) is 3.04. The van der Waals surface area contributed by atoms with Crippen LogP contribution in [0.3, 0.4) is 0 Å². The predicted molar refractivity (Wildman–Crippen MR) is 195 cm³/mol. The van der Waals surface area contributed by atoms with E-state index in [1.54, 1.807) is 6.07 Å². The molecule has 5 nitrogen and oxygen atoms in total. The summed E-state index contributed by atoms with van der Waals surface area (Å²) in [6.45, 7) is 20.3. The molecule has 0 radical (unpaired) electrons. The molecule has 0 spiro atoms. The Morgan fingerprint density at radius 3 is 2.00 bits per heavy atom. The first kappa shape index (κ1) is 37.6. The molecule has 3 rings (SSSR count). The van der Waals surface area contributed by atoms with Gasteiger partial charge in [0, 0.05) is 13.1 Å². The van der Waals surface area contributed by atoms with Gasteiger partial charge in [0.2, 0.25) is 0 Å². The summed E-state index contributed by atoms with van der Waals surface area (Å²) < 4.78 is 7.39. The number of carbonyl (C=O) groups excluding carboxylic acids is 1. The molecule has 0 unspecified atom stereocenters. The van der Waals surface area contributed by atoms with E-state index in [4.69, 9.17) is 0 Å². The molecule has 3 atom stereocenters. The summed E-state index contributed by atoms with van der Waals surface area (Å²) in [7, 11) is 0. The number of piperazine rings is 1. The molecular formula is C39H63N3O2Sn. The molecule has 1 aliphatic heterocycles. The Hall–Kier alpha value is -1.83. The van der Waals surface area contributed by atoms with Crippen molar-refractivity contribution in [1.29, 1.82) is 0 Å². The van der Waals surface area contributed by atoms with Gasteiger partial charge < -0.3 is 4.90 Å². The molecule has 0 aromatic heterocycles. The standard InChI is InChI=1S/C27H36N3O2.3C4H9.Sn/c1-6-16-29-18-21(5)30(19-20(29)4)26(24-10-9-11-25(31)17-24)22-12-14-23(15-13-22)27(32)28(7-2)8-3;3*1-3-4-2;/h1,6,9-15,17,20-21,26,31H,7-8,16,18-19H2,2-5H3;3*1,3-4H2,2H3;/t20-,21+,26-;;;;/m1..../s1. The van der Waals surface area contributed by atoms with Gasteiger partial charge in [0.1, 0.15) is 0 Å². The van der Waals surface area contributed by atoms with Gasteiger partial charge in [0.15, 0.2) is 0 Å². The molecule has 1 N–H and O–H groups in total. The molecule has 6 heteroatoms. The summed E-state index contributed by atoms with van der Waals surface area (Å²) in [5.74, 6) is 0.371. The van der Waals surface area contributed by atoms with Crippen molar-refractivity contribution in [3.8, 4) is 5.75 Å². The summed E-state index contributed by atoms with van der Waals surface area (Å²) in [5.41, 5.74) is 2.98. The number of phenolic OH excluding ortho intramolecular Hbond substituents is 1. The number of hydrogen-bond donors (Lipinski definition) is 1. The third-order valence-electron chi connectivity index (χ3n) is 10.1. The number of benzene rings is 2. The molecular weight excluding hydrogens is 661 g/mol. The average molecular weight is 725 g/mol. The van der Waals surface area contributed by atoms with E-state index in [0.29, 0.717) is 30.9 Å². The zero-order valence-electron chi connectivity index (χ0n) is 29.6. The van der Waals surface area contributed by atoms with Crippen molar-refractivity contribution in [3.05, 3.63) is 75.4 Å². The monoisotopic (exact) mass is 725 g/mol. The van der Waals surface area contributed by atoms with Crippen LogP contribution in [0.5, 0.6) is 5.75 Å². The van der Waals surface area contributed by atoms with Gasteiger partial charge in [-0.1, -0.05) is 0 Å². The number of aromatic hydroxyl groups is 1. The zero-order chi connectivity index (χ0) is 32.8. The van der Waals surface area contributed by atoms with Crippen molar-refractivity contribution in [2.24, 2.45) is 0 Å². The van der Waals surface area contributed by atoms with Gasteiger partial charge in [-0.3, -0.25) is 4.79 Å². The Kier molecular flexibility index (Phi) is 16.0. The van der Waals surface area contributed by atoms with Crippen molar-refractivity contribution in [3.63, 3.8) is 0 Å². The number of amides is 1. The maximum atomic E-state index is 13.0. The van der Waals surface area contributed by atoms with Gasteiger partial charge in [0.25, 0.3) is 5.91 Å². The molecule has 0 aliphatic carbocycles. The fourth-order valence-corrected chi connectivity index (χ4v) is 21.6. The van der Waals surface area contributed by atoms with Crippen molar-refractivity contribution >= 4 is 24.3 Å². The summed E-state index contributed by atoms with van der Waals surface area (Å²) >= 11 is -2.29. The Morgan fingerprint density at radius 2 is 1.47 bits per heavy atom. The fourth-order valence-electron chi connectivity index (χ4n) is 7.26. The van der Waals surface area contributed by atoms with Crippen LogP contribution in [0, 0.1) is 0 Å². The van der Waals surface area contributed by atoms with E-state index in [1.807, 2.05) is 43.0 Å². The first-order chi connectivity index (χ1) is 21.7. The maximum absolute atomic E-state index is 13.0. The molecule has 250 valence electrons. The van der Waals surface area contributed by atoms with Gasteiger partial charge in [-0.2, -0.15) is 0 Å². The van der Waals surface area contributed by atoms with E-state index in [9.17, 15) is 9.90 Å². The van der Waals surface area contributed by atoms with Gasteiger partial charge >= 0.3 is 239 Å². The first-order valence-corrected chi connectivity index (χ1v) is 25.8. The van der Waals surface area contributed by atoms with E-state index < -0.39 is 18.4 Å². The fraction of sp³-hybridized carbons (Fsp3) is 0.615. The first-order valence-electron chi connectivity index (χ1n) is 18.1. The topological polar surface area (TPSA) is 47.0 Å². The van der Waals surface area contributed by atoms with Gasteiger partial charge in [0.05, 0.1) is 0 Å². The third kappa shape index (κ3) is 10.6. The quantitative estimate of drug-likeness (QED) is 0.156. The summed E-state index contributed by atoms with van der Waals surface area (Å²) in [6.07, 6.45) is 10.8. The molecule has 1 aliphatic rings. The predicted octanol–water partition coefficient (Wildman–Crippen LogP) is 9.30. The van der Waals surface area contributed by atoms with E-state index >= 15 is 0 Å². The second kappa shape index (κ2) is 19.1. The van der Waals surface area contributed by atoms with Gasteiger partial charge in [-0.15, -0.1) is 0 Å². The van der Waals surface area contributed by atoms with Crippen LogP contribution in [0.25, 0.3) is 0 Å². The Balaban J connectivity index is 1.83. The second-order valence-electron chi connectivity index (χ2n) is 13.5. The van der Waals surface area contributed by atoms with Crippen LogP contribution >= 0.6 is 0 Å². The molecule has 0 saturated carbocycles. The van der Waals surface area contributed by atoms with Crippen molar-refractivity contribution < 1.29 is 9.90 Å². The van der Waals surface area contributed by atoms with Crippen LogP contribution in [0.2, 0.25) is 13.3 Å². The van der Waals surface area contributed by atoms with E-state index in [1.165, 1.54) is 51.8 Å². The Labute approximate surface area is 279 Å². The number of hydrogen-bond acceptors (Lipinski definition) is 4. The van der Waals surface area contributed by atoms with Crippen LogP contribution in [0.4, 0.5) is 0 Å². The van der Waals surface area contributed by atoms with Crippen LogP contribution in [0.1, 0.15) is 115 Å². The molecule has 1 heterocycles. The number of nitrogens with zero attached hydrogens (tertiary/aromatic N) is 3. The SMILES string of the molecule is CCC[CH2][Sn](/[CH]=C/CN1C[C@H](C)N([C@H](c2ccc(C(=O)N(CC)CC)cc2)c2cccc(O)c2)C[C@H]1C)([CH2]CCC)[CH2]CCC. The van der Waals surface area contributed by atoms with Crippen LogP contribution in [0.15, 0.2) is 58.7 Å². The molecule has 1 saturated heterocycles. The Bertz CT molecular complexity index is 1160. The Morgan fingerprint density at radius 1 is 0.867 bits per heavy atom. The number of unbranched alkanes of at least 4 members (excludes halogenated alkanes) is 3. The summed E-state index contributed by atoms with van der Waals surface area (Å²) in [6, 6.07) is 16.7. The van der Waals surface area contributed by atoms with Crippen LogP contribution in [-0.4, -0.2) is 88.9 Å². The van der Waals surface area contributed by atoms with Crippen LogP contribution < -0.4 is 0 Å². The summed E-state index contributed by atoms with van der Waals surface area (Å²) in [4.78, 5) is 20.2. The van der Waals surface area contributed by atoms with Crippen molar-refractivity contribution in [2.75, 3.05) is 32.7 Å². The molecule has 0 bridgehead atoms.